The third-order valence-corrected chi connectivity index (χ3v) is 3.15. The monoisotopic (exact) mass is 339 g/mol. The molecule has 0 saturated heterocycles. The van der Waals surface area contributed by atoms with Gasteiger partial charge in [-0.05, 0) is 30.0 Å². The third-order valence-electron chi connectivity index (χ3n) is 3.15. The van der Waals surface area contributed by atoms with E-state index in [-0.39, 0.29) is 12.3 Å². The van der Waals surface area contributed by atoms with Gasteiger partial charge in [-0.2, -0.15) is 0 Å². The number of hydrogen-bond acceptors (Lipinski definition) is 5. The van der Waals surface area contributed by atoms with Gasteiger partial charge in [-0.15, -0.1) is 0 Å². The number of amides is 1. The summed E-state index contributed by atoms with van der Waals surface area (Å²) in [6, 6.07) is 4.63. The van der Waals surface area contributed by atoms with E-state index in [4.69, 9.17) is 4.74 Å². The van der Waals surface area contributed by atoms with Crippen molar-refractivity contribution >= 4 is 17.8 Å². The molecule has 0 aliphatic carbocycles. The van der Waals surface area contributed by atoms with Gasteiger partial charge in [-0.1, -0.05) is 26.0 Å². The zero-order valence-corrected chi connectivity index (χ0v) is 14.0. The Balaban J connectivity index is 2.44. The van der Waals surface area contributed by atoms with Gasteiger partial charge >= 0.3 is 11.9 Å². The second-order valence-corrected chi connectivity index (χ2v) is 5.74. The molecular formula is C17H22FNO5. The lowest BCUT2D eigenvalue weighted by Gasteiger charge is -2.18. The normalized spacial score (nSPS) is 11.7. The number of hydrogen-bond donors (Lipinski definition) is 1. The second kappa shape index (κ2) is 9.64. The van der Waals surface area contributed by atoms with Crippen LogP contribution < -0.4 is 5.32 Å². The first-order valence-corrected chi connectivity index (χ1v) is 7.59. The van der Waals surface area contributed by atoms with Crippen molar-refractivity contribution in [2.45, 2.75) is 32.7 Å². The molecular weight excluding hydrogens is 317 g/mol. The summed E-state index contributed by atoms with van der Waals surface area (Å²) in [5, 5.41) is 2.49. The van der Waals surface area contributed by atoms with E-state index in [1.165, 1.54) is 31.4 Å². The minimum atomic E-state index is -0.779. The number of rotatable bonds is 8. The molecule has 0 aliphatic heterocycles. The summed E-state index contributed by atoms with van der Waals surface area (Å²) in [7, 11) is 1.24. The number of esters is 2. The van der Waals surface area contributed by atoms with Crippen LogP contribution in [0.4, 0.5) is 4.39 Å². The Bertz CT molecular complexity index is 571. The van der Waals surface area contributed by atoms with Crippen LogP contribution in [0, 0.1) is 11.7 Å². The predicted octanol–water partition coefficient (Wildman–Crippen LogP) is 1.62. The molecule has 7 heteroatoms. The molecule has 1 amide bonds. The Hall–Kier alpha value is -2.44. The van der Waals surface area contributed by atoms with Crippen molar-refractivity contribution in [2.75, 3.05) is 13.7 Å². The highest BCUT2D eigenvalue weighted by atomic mass is 19.1. The summed E-state index contributed by atoms with van der Waals surface area (Å²) < 4.78 is 22.3. The Labute approximate surface area is 140 Å². The summed E-state index contributed by atoms with van der Waals surface area (Å²) in [5.74, 6) is -1.97. The molecule has 1 rings (SSSR count). The Morgan fingerprint density at radius 2 is 1.79 bits per heavy atom. The van der Waals surface area contributed by atoms with Crippen LogP contribution in [-0.4, -0.2) is 37.6 Å². The van der Waals surface area contributed by atoms with Crippen LogP contribution in [0.25, 0.3) is 0 Å². The van der Waals surface area contributed by atoms with Crippen molar-refractivity contribution in [1.82, 2.24) is 5.32 Å². The molecule has 6 nitrogen and oxygen atoms in total. The highest BCUT2D eigenvalue weighted by Crippen LogP contribution is 2.07. The maximum Gasteiger partial charge on any atom is 0.328 e. The number of halogens is 1. The van der Waals surface area contributed by atoms with Crippen molar-refractivity contribution in [2.24, 2.45) is 5.92 Å². The number of benzene rings is 1. The van der Waals surface area contributed by atoms with Crippen molar-refractivity contribution in [1.29, 1.82) is 0 Å². The van der Waals surface area contributed by atoms with Crippen LogP contribution >= 0.6 is 0 Å². The molecule has 1 aromatic rings. The van der Waals surface area contributed by atoms with Crippen LogP contribution in [0.1, 0.15) is 25.8 Å². The molecule has 0 spiro atoms. The van der Waals surface area contributed by atoms with E-state index in [2.05, 4.69) is 10.1 Å². The third kappa shape index (κ3) is 7.21. The van der Waals surface area contributed by atoms with Crippen molar-refractivity contribution in [3.05, 3.63) is 35.6 Å². The summed E-state index contributed by atoms with van der Waals surface area (Å²) >= 11 is 0. The largest absolute Gasteiger partial charge is 0.467 e. The fourth-order valence-corrected chi connectivity index (χ4v) is 2.03. The van der Waals surface area contributed by atoms with Crippen molar-refractivity contribution in [3.63, 3.8) is 0 Å². The van der Waals surface area contributed by atoms with Gasteiger partial charge in [-0.25, -0.2) is 9.18 Å². The van der Waals surface area contributed by atoms with Crippen LogP contribution in [0.2, 0.25) is 0 Å². The molecule has 1 atom stereocenters. The number of carbonyl (C=O) groups excluding carboxylic acids is 3. The highest BCUT2D eigenvalue weighted by Gasteiger charge is 2.23. The van der Waals surface area contributed by atoms with Gasteiger partial charge in [-0.3, -0.25) is 9.59 Å². The van der Waals surface area contributed by atoms with E-state index in [1.54, 1.807) is 0 Å². The average Bonchev–Trinajstić information content (AvgIpc) is 2.53. The molecule has 1 aromatic carbocycles. The molecule has 0 radical (unpaired) electrons. The summed E-state index contributed by atoms with van der Waals surface area (Å²) in [5.41, 5.74) is 0.578. The predicted molar refractivity (Wildman–Crippen MR) is 84.5 cm³/mol. The van der Waals surface area contributed by atoms with Gasteiger partial charge in [0.05, 0.1) is 13.5 Å². The lowest BCUT2D eigenvalue weighted by molar-refractivity contribution is -0.150. The van der Waals surface area contributed by atoms with E-state index in [0.717, 1.165) is 0 Å². The standard InChI is InChI=1S/C17H22FNO5/c1-11(2)8-14(17(22)23-3)19-15(20)10-24-16(21)9-12-4-6-13(18)7-5-12/h4-7,11,14H,8-10H2,1-3H3,(H,19,20)/t14-/m0/s1. The maximum atomic E-state index is 12.8. The van der Waals surface area contributed by atoms with Gasteiger partial charge in [0, 0.05) is 0 Å². The molecule has 132 valence electrons. The quantitative estimate of drug-likeness (QED) is 0.728. The number of carbonyl (C=O) groups is 3. The SMILES string of the molecule is COC(=O)[C@H](CC(C)C)NC(=O)COC(=O)Cc1ccc(F)cc1. The Morgan fingerprint density at radius 3 is 2.33 bits per heavy atom. The number of methoxy groups -OCH3 is 1. The summed E-state index contributed by atoms with van der Waals surface area (Å²) in [6.45, 7) is 3.32. The van der Waals surface area contributed by atoms with E-state index in [0.29, 0.717) is 12.0 Å². The van der Waals surface area contributed by atoms with E-state index < -0.39 is 36.3 Å². The highest BCUT2D eigenvalue weighted by molar-refractivity contribution is 5.86. The van der Waals surface area contributed by atoms with Gasteiger partial charge < -0.3 is 14.8 Å². The summed E-state index contributed by atoms with van der Waals surface area (Å²) in [4.78, 5) is 35.1. The zero-order valence-electron chi connectivity index (χ0n) is 14.0. The molecule has 0 bridgehead atoms. The van der Waals surface area contributed by atoms with Gasteiger partial charge in [0.1, 0.15) is 11.9 Å². The fourth-order valence-electron chi connectivity index (χ4n) is 2.03. The van der Waals surface area contributed by atoms with Gasteiger partial charge in [0.25, 0.3) is 5.91 Å². The number of ether oxygens (including phenoxy) is 2. The van der Waals surface area contributed by atoms with Gasteiger partial charge in [0.2, 0.25) is 0 Å². The number of nitrogens with one attached hydrogen (secondary N) is 1. The van der Waals surface area contributed by atoms with E-state index in [9.17, 15) is 18.8 Å². The van der Waals surface area contributed by atoms with Crippen LogP contribution in [-0.2, 0) is 30.3 Å². The molecule has 0 aromatic heterocycles. The first kappa shape index (κ1) is 19.6. The minimum Gasteiger partial charge on any atom is -0.467 e. The maximum absolute atomic E-state index is 12.8. The first-order valence-electron chi connectivity index (χ1n) is 7.59. The van der Waals surface area contributed by atoms with Crippen molar-refractivity contribution < 1.29 is 28.2 Å². The van der Waals surface area contributed by atoms with Crippen LogP contribution in [0.15, 0.2) is 24.3 Å². The molecule has 24 heavy (non-hydrogen) atoms. The molecule has 0 heterocycles. The summed E-state index contributed by atoms with van der Waals surface area (Å²) in [6.07, 6.45) is 0.349. The van der Waals surface area contributed by atoms with Gasteiger partial charge in [0.15, 0.2) is 6.61 Å². The average molecular weight is 339 g/mol. The van der Waals surface area contributed by atoms with E-state index in [1.807, 2.05) is 13.8 Å². The fraction of sp³-hybridized carbons (Fsp3) is 0.471. The van der Waals surface area contributed by atoms with Crippen LogP contribution in [0.5, 0.6) is 0 Å². The smallest absolute Gasteiger partial charge is 0.328 e. The topological polar surface area (TPSA) is 81.7 Å². The Morgan fingerprint density at radius 1 is 1.17 bits per heavy atom. The minimum absolute atomic E-state index is 0.0695. The lowest BCUT2D eigenvalue weighted by Crippen LogP contribution is -2.44. The molecule has 0 fully saturated rings. The van der Waals surface area contributed by atoms with Crippen molar-refractivity contribution in [3.8, 4) is 0 Å². The molecule has 0 unspecified atom stereocenters. The Kier molecular flexibility index (Phi) is 7.88. The zero-order chi connectivity index (χ0) is 18.1. The van der Waals surface area contributed by atoms with Crippen LogP contribution in [0.3, 0.4) is 0 Å². The molecule has 0 aliphatic rings. The first-order chi connectivity index (χ1) is 11.3. The second-order valence-electron chi connectivity index (χ2n) is 5.74. The molecule has 0 saturated carbocycles. The molecule has 1 N–H and O–H groups in total. The van der Waals surface area contributed by atoms with E-state index >= 15 is 0 Å². The lowest BCUT2D eigenvalue weighted by atomic mass is 10.0.